The van der Waals surface area contributed by atoms with Gasteiger partial charge >= 0.3 is 5.97 Å². The lowest BCUT2D eigenvalue weighted by Crippen LogP contribution is -2.44. The third-order valence-electron chi connectivity index (χ3n) is 2.08. The number of carbonyl (C=O) groups excluding carboxylic acids is 2. The van der Waals surface area contributed by atoms with Crippen LogP contribution in [-0.4, -0.2) is 31.6 Å². The summed E-state index contributed by atoms with van der Waals surface area (Å²) < 4.78 is 22.6. The molecule has 0 aliphatic rings. The number of carbonyl (C=O) groups is 2. The smallest absolute Gasteiger partial charge is 0.331 e. The molecule has 1 N–H and O–H groups in total. The Morgan fingerprint density at radius 1 is 1.44 bits per heavy atom. The fourth-order valence-electron chi connectivity index (χ4n) is 1.29. The van der Waals surface area contributed by atoms with Gasteiger partial charge in [0.05, 0.1) is 7.11 Å². The van der Waals surface area contributed by atoms with E-state index in [1.165, 1.54) is 32.2 Å². The van der Waals surface area contributed by atoms with E-state index in [1.807, 2.05) is 0 Å². The summed E-state index contributed by atoms with van der Waals surface area (Å²) in [6.07, 6.45) is 0. The fraction of sp³-hybridized carbons (Fsp3) is 0.333. The monoisotopic (exact) mass is 255 g/mol. The van der Waals surface area contributed by atoms with Crippen molar-refractivity contribution in [2.75, 3.05) is 13.7 Å². The lowest BCUT2D eigenvalue weighted by Gasteiger charge is -2.16. The zero-order valence-electron chi connectivity index (χ0n) is 10.1. The highest BCUT2D eigenvalue weighted by Crippen LogP contribution is 2.12. The lowest BCUT2D eigenvalue weighted by atomic mass is 10.3. The van der Waals surface area contributed by atoms with Crippen molar-refractivity contribution in [2.45, 2.75) is 13.0 Å². The van der Waals surface area contributed by atoms with Crippen molar-refractivity contribution in [3.8, 4) is 5.75 Å². The van der Waals surface area contributed by atoms with Crippen LogP contribution < -0.4 is 10.1 Å². The first-order valence-electron chi connectivity index (χ1n) is 5.26. The number of benzene rings is 1. The average molecular weight is 255 g/mol. The number of methoxy groups -OCH3 is 1. The molecule has 0 aliphatic heterocycles. The Hall–Kier alpha value is -2.11. The molecule has 0 saturated heterocycles. The maximum Gasteiger partial charge on any atom is 0.331 e. The van der Waals surface area contributed by atoms with Crippen molar-refractivity contribution in [1.29, 1.82) is 0 Å². The van der Waals surface area contributed by atoms with Gasteiger partial charge in [-0.1, -0.05) is 6.07 Å². The van der Waals surface area contributed by atoms with Crippen molar-refractivity contribution in [3.63, 3.8) is 0 Å². The molecule has 0 saturated carbocycles. The Kier molecular flexibility index (Phi) is 5.10. The predicted molar refractivity (Wildman–Crippen MR) is 61.5 cm³/mol. The number of hydrogen-bond donors (Lipinski definition) is 1. The summed E-state index contributed by atoms with van der Waals surface area (Å²) in [7, 11) is 1.21. The second-order valence-electron chi connectivity index (χ2n) is 3.54. The summed E-state index contributed by atoms with van der Waals surface area (Å²) in [6.45, 7) is 1.15. The summed E-state index contributed by atoms with van der Waals surface area (Å²) in [6, 6.07) is 4.57. The molecular formula is C12H14FNO4. The maximum absolute atomic E-state index is 12.9. The number of ether oxygens (including phenoxy) is 2. The molecule has 5 nitrogen and oxygen atoms in total. The normalized spacial score (nSPS) is 11.5. The number of rotatable bonds is 5. The Morgan fingerprint density at radius 2 is 2.17 bits per heavy atom. The van der Waals surface area contributed by atoms with E-state index in [0.29, 0.717) is 0 Å². The van der Waals surface area contributed by atoms with E-state index in [4.69, 9.17) is 4.74 Å². The molecule has 18 heavy (non-hydrogen) atoms. The van der Waals surface area contributed by atoms with E-state index in [1.54, 1.807) is 6.07 Å². The summed E-state index contributed by atoms with van der Waals surface area (Å²) >= 11 is 0. The highest BCUT2D eigenvalue weighted by Gasteiger charge is 2.20. The minimum absolute atomic E-state index is 0.129. The van der Waals surface area contributed by atoms with E-state index in [0.717, 1.165) is 0 Å². The van der Waals surface area contributed by atoms with Crippen LogP contribution >= 0.6 is 0 Å². The molecule has 0 radical (unpaired) electrons. The quantitative estimate of drug-likeness (QED) is 0.793. The van der Waals surface area contributed by atoms with Gasteiger partial charge in [0.1, 0.15) is 18.2 Å². The van der Waals surface area contributed by atoms with Gasteiger partial charge in [-0.25, -0.2) is 9.18 Å². The highest BCUT2D eigenvalue weighted by atomic mass is 19.1. The first-order chi connectivity index (χ1) is 8.52. The molecule has 0 aliphatic carbocycles. The Labute approximate surface area is 104 Å². The van der Waals surface area contributed by atoms with Gasteiger partial charge < -0.3 is 14.8 Å². The molecule has 0 heterocycles. The van der Waals surface area contributed by atoms with Gasteiger partial charge in [0.15, 0.2) is 6.04 Å². The van der Waals surface area contributed by atoms with Crippen molar-refractivity contribution in [3.05, 3.63) is 30.1 Å². The molecule has 0 aromatic heterocycles. The largest absolute Gasteiger partial charge is 0.491 e. The molecule has 1 unspecified atom stereocenters. The molecule has 0 fully saturated rings. The zero-order valence-corrected chi connectivity index (χ0v) is 10.1. The van der Waals surface area contributed by atoms with Gasteiger partial charge in [-0.05, 0) is 12.1 Å². The van der Waals surface area contributed by atoms with Gasteiger partial charge in [-0.15, -0.1) is 0 Å². The predicted octanol–water partition coefficient (Wildman–Crippen LogP) is 0.882. The average Bonchev–Trinajstić information content (AvgIpc) is 2.33. The number of nitrogens with one attached hydrogen (secondary N) is 1. The van der Waals surface area contributed by atoms with Gasteiger partial charge in [0, 0.05) is 13.0 Å². The number of halogens is 1. The van der Waals surface area contributed by atoms with Gasteiger partial charge in [0.2, 0.25) is 5.91 Å². The number of hydrogen-bond acceptors (Lipinski definition) is 4. The van der Waals surface area contributed by atoms with Crippen LogP contribution in [0.5, 0.6) is 5.75 Å². The number of esters is 1. The molecule has 1 amide bonds. The SMILES string of the molecule is COC(=O)C(COc1cccc(F)c1)NC(C)=O. The third kappa shape index (κ3) is 4.40. The molecular weight excluding hydrogens is 241 g/mol. The molecule has 1 aromatic rings. The molecule has 0 bridgehead atoms. The van der Waals surface area contributed by atoms with E-state index < -0.39 is 17.8 Å². The first kappa shape index (κ1) is 14.0. The summed E-state index contributed by atoms with van der Waals surface area (Å²) in [5, 5.41) is 2.38. The van der Waals surface area contributed by atoms with Crippen LogP contribution in [0.15, 0.2) is 24.3 Å². The van der Waals surface area contributed by atoms with Gasteiger partial charge in [-0.3, -0.25) is 4.79 Å². The topological polar surface area (TPSA) is 64.6 Å². The standard InChI is InChI=1S/C12H14FNO4/c1-8(15)14-11(12(16)17-2)7-18-10-5-3-4-9(13)6-10/h3-6,11H,7H2,1-2H3,(H,14,15). The van der Waals surface area contributed by atoms with Crippen molar-refractivity contribution in [1.82, 2.24) is 5.32 Å². The van der Waals surface area contributed by atoms with Gasteiger partial charge in [-0.2, -0.15) is 0 Å². The maximum atomic E-state index is 12.9. The van der Waals surface area contributed by atoms with Crippen LogP contribution in [0.3, 0.4) is 0 Å². The zero-order chi connectivity index (χ0) is 13.5. The molecule has 1 atom stereocenters. The lowest BCUT2D eigenvalue weighted by molar-refractivity contribution is -0.145. The second-order valence-corrected chi connectivity index (χ2v) is 3.54. The van der Waals surface area contributed by atoms with Crippen molar-refractivity contribution >= 4 is 11.9 Å². The molecule has 0 spiro atoms. The minimum Gasteiger partial charge on any atom is -0.491 e. The van der Waals surface area contributed by atoms with Crippen molar-refractivity contribution < 1.29 is 23.5 Å². The Morgan fingerprint density at radius 3 is 2.72 bits per heavy atom. The van der Waals surface area contributed by atoms with Crippen LogP contribution in [0, 0.1) is 5.82 Å². The van der Waals surface area contributed by atoms with E-state index in [-0.39, 0.29) is 18.3 Å². The molecule has 6 heteroatoms. The molecule has 98 valence electrons. The third-order valence-corrected chi connectivity index (χ3v) is 2.08. The van der Waals surface area contributed by atoms with Crippen LogP contribution in [-0.2, 0) is 14.3 Å². The highest BCUT2D eigenvalue weighted by molar-refractivity contribution is 5.83. The summed E-state index contributed by atoms with van der Waals surface area (Å²) in [5.74, 6) is -1.18. The summed E-state index contributed by atoms with van der Waals surface area (Å²) in [5.41, 5.74) is 0. The Bertz CT molecular complexity index is 436. The fourth-order valence-corrected chi connectivity index (χ4v) is 1.29. The second kappa shape index (κ2) is 6.58. The van der Waals surface area contributed by atoms with Crippen LogP contribution in [0.4, 0.5) is 4.39 Å². The first-order valence-corrected chi connectivity index (χ1v) is 5.26. The van der Waals surface area contributed by atoms with E-state index in [9.17, 15) is 14.0 Å². The minimum atomic E-state index is -0.921. The summed E-state index contributed by atoms with van der Waals surface area (Å²) in [4.78, 5) is 22.3. The van der Waals surface area contributed by atoms with Gasteiger partial charge in [0.25, 0.3) is 0 Å². The Balaban J connectivity index is 2.61. The van der Waals surface area contributed by atoms with Crippen molar-refractivity contribution in [2.24, 2.45) is 0 Å². The molecule has 1 aromatic carbocycles. The van der Waals surface area contributed by atoms with E-state index in [2.05, 4.69) is 10.1 Å². The van der Waals surface area contributed by atoms with Crippen LogP contribution in [0.25, 0.3) is 0 Å². The number of amides is 1. The van der Waals surface area contributed by atoms with E-state index >= 15 is 0 Å². The molecule has 1 rings (SSSR count). The van der Waals surface area contributed by atoms with Crippen LogP contribution in [0.2, 0.25) is 0 Å². The van der Waals surface area contributed by atoms with Crippen LogP contribution in [0.1, 0.15) is 6.92 Å².